The number of amides is 1. The molecule has 5 nitrogen and oxygen atoms in total. The molecule has 1 amide bonds. The summed E-state index contributed by atoms with van der Waals surface area (Å²) < 4.78 is 43.5. The highest BCUT2D eigenvalue weighted by Crippen LogP contribution is 2.34. The zero-order valence-corrected chi connectivity index (χ0v) is 14.9. The molecule has 0 saturated carbocycles. The summed E-state index contributed by atoms with van der Waals surface area (Å²) in [4.78, 5) is 18.2. The number of carbonyl (C=O) groups excluding carboxylic acids is 1. The highest BCUT2D eigenvalue weighted by atomic mass is 19.4. The lowest BCUT2D eigenvalue weighted by Crippen LogP contribution is -2.24. The van der Waals surface area contributed by atoms with E-state index in [2.05, 4.69) is 10.1 Å². The van der Waals surface area contributed by atoms with Crippen LogP contribution in [-0.4, -0.2) is 22.6 Å². The van der Waals surface area contributed by atoms with Gasteiger partial charge >= 0.3 is 6.18 Å². The molecule has 144 valence electrons. The fourth-order valence-corrected chi connectivity index (χ4v) is 3.26. The van der Waals surface area contributed by atoms with E-state index in [0.29, 0.717) is 17.4 Å². The quantitative estimate of drug-likeness (QED) is 0.660. The zero-order chi connectivity index (χ0) is 19.9. The molecule has 1 saturated heterocycles. The van der Waals surface area contributed by atoms with Crippen molar-refractivity contribution in [3.8, 4) is 11.5 Å². The summed E-state index contributed by atoms with van der Waals surface area (Å²) in [6, 6.07) is 12.2. The van der Waals surface area contributed by atoms with Gasteiger partial charge in [-0.1, -0.05) is 22.9 Å². The van der Waals surface area contributed by atoms with E-state index < -0.39 is 11.7 Å². The molecule has 1 aliphatic rings. The minimum atomic E-state index is -4.41. The average Bonchev–Trinajstić information content (AvgIpc) is 3.28. The second-order valence-electron chi connectivity index (χ2n) is 6.78. The SMILES string of the molecule is Cc1cccc(-c2nc(C3CC(=O)N(c4ccc(C(F)(F)F)cc4)C3)no2)c1. The van der Waals surface area contributed by atoms with Crippen LogP contribution in [0.3, 0.4) is 0 Å². The Labute approximate surface area is 158 Å². The van der Waals surface area contributed by atoms with Gasteiger partial charge in [0.1, 0.15) is 0 Å². The Morgan fingerprint density at radius 3 is 2.57 bits per heavy atom. The van der Waals surface area contributed by atoms with Gasteiger partial charge in [0.15, 0.2) is 5.82 Å². The Morgan fingerprint density at radius 1 is 1.14 bits per heavy atom. The molecule has 0 N–H and O–H groups in total. The standard InChI is InChI=1S/C20H16F3N3O2/c1-12-3-2-4-13(9-12)19-24-18(25-28-19)14-10-17(27)26(11-14)16-7-5-15(6-8-16)20(21,22)23/h2-9,14H,10-11H2,1H3. The molecule has 2 heterocycles. The van der Waals surface area contributed by atoms with Gasteiger partial charge in [-0.15, -0.1) is 0 Å². The first-order chi connectivity index (χ1) is 13.3. The van der Waals surface area contributed by atoms with Gasteiger partial charge in [-0.2, -0.15) is 18.2 Å². The van der Waals surface area contributed by atoms with E-state index in [0.717, 1.165) is 23.3 Å². The molecule has 1 aliphatic heterocycles. The second-order valence-corrected chi connectivity index (χ2v) is 6.78. The maximum Gasteiger partial charge on any atom is 0.416 e. The van der Waals surface area contributed by atoms with Crippen LogP contribution in [-0.2, 0) is 11.0 Å². The molecule has 1 unspecified atom stereocenters. The Kier molecular flexibility index (Phi) is 4.41. The van der Waals surface area contributed by atoms with E-state index in [9.17, 15) is 18.0 Å². The van der Waals surface area contributed by atoms with E-state index >= 15 is 0 Å². The minimum absolute atomic E-state index is 0.174. The molecule has 4 rings (SSSR count). The van der Waals surface area contributed by atoms with Crippen LogP contribution in [0.5, 0.6) is 0 Å². The zero-order valence-electron chi connectivity index (χ0n) is 14.9. The summed E-state index contributed by atoms with van der Waals surface area (Å²) in [5, 5.41) is 4.00. The van der Waals surface area contributed by atoms with Gasteiger partial charge in [0.25, 0.3) is 5.89 Å². The molecule has 1 atom stereocenters. The van der Waals surface area contributed by atoms with Crippen LogP contribution in [0.25, 0.3) is 11.5 Å². The van der Waals surface area contributed by atoms with Crippen LogP contribution >= 0.6 is 0 Å². The van der Waals surface area contributed by atoms with Gasteiger partial charge in [0, 0.05) is 30.1 Å². The van der Waals surface area contributed by atoms with Crippen molar-refractivity contribution in [2.45, 2.75) is 25.4 Å². The molecule has 0 radical (unpaired) electrons. The largest absolute Gasteiger partial charge is 0.416 e. The lowest BCUT2D eigenvalue weighted by molar-refractivity contribution is -0.137. The number of alkyl halides is 3. The van der Waals surface area contributed by atoms with E-state index in [1.54, 1.807) is 0 Å². The topological polar surface area (TPSA) is 59.2 Å². The minimum Gasteiger partial charge on any atom is -0.334 e. The third-order valence-corrected chi connectivity index (χ3v) is 4.70. The number of hydrogen-bond donors (Lipinski definition) is 0. The summed E-state index contributed by atoms with van der Waals surface area (Å²) >= 11 is 0. The van der Waals surface area contributed by atoms with Crippen molar-refractivity contribution in [3.63, 3.8) is 0 Å². The third kappa shape index (κ3) is 3.49. The number of hydrogen-bond acceptors (Lipinski definition) is 4. The fraction of sp³-hybridized carbons (Fsp3) is 0.250. The lowest BCUT2D eigenvalue weighted by Gasteiger charge is -2.17. The molecule has 0 bridgehead atoms. The molecular formula is C20H16F3N3O2. The second kappa shape index (κ2) is 6.78. The maximum absolute atomic E-state index is 12.7. The van der Waals surface area contributed by atoms with Gasteiger partial charge < -0.3 is 9.42 Å². The Morgan fingerprint density at radius 2 is 1.89 bits per heavy atom. The van der Waals surface area contributed by atoms with Crippen molar-refractivity contribution in [1.82, 2.24) is 10.1 Å². The normalized spacial score (nSPS) is 17.4. The van der Waals surface area contributed by atoms with Gasteiger partial charge in [-0.3, -0.25) is 4.79 Å². The molecule has 3 aromatic rings. The Bertz CT molecular complexity index is 1010. The maximum atomic E-state index is 12.7. The highest BCUT2D eigenvalue weighted by molar-refractivity contribution is 5.96. The van der Waals surface area contributed by atoms with Crippen molar-refractivity contribution < 1.29 is 22.5 Å². The average molecular weight is 387 g/mol. The van der Waals surface area contributed by atoms with E-state index in [1.165, 1.54) is 17.0 Å². The summed E-state index contributed by atoms with van der Waals surface area (Å²) in [7, 11) is 0. The number of carbonyl (C=O) groups is 1. The van der Waals surface area contributed by atoms with Crippen LogP contribution in [0.2, 0.25) is 0 Å². The van der Waals surface area contributed by atoms with Crippen LogP contribution < -0.4 is 4.90 Å². The monoisotopic (exact) mass is 387 g/mol. The van der Waals surface area contributed by atoms with Crippen molar-refractivity contribution in [3.05, 3.63) is 65.5 Å². The number of aryl methyl sites for hydroxylation is 1. The van der Waals surface area contributed by atoms with Gasteiger partial charge in [0.05, 0.1) is 5.56 Å². The number of anilines is 1. The first kappa shape index (κ1) is 18.2. The van der Waals surface area contributed by atoms with Crippen molar-refractivity contribution in [1.29, 1.82) is 0 Å². The molecule has 8 heteroatoms. The van der Waals surface area contributed by atoms with Crippen LogP contribution in [0.1, 0.15) is 29.3 Å². The van der Waals surface area contributed by atoms with Gasteiger partial charge in [0.2, 0.25) is 5.91 Å². The first-order valence-corrected chi connectivity index (χ1v) is 8.69. The smallest absolute Gasteiger partial charge is 0.334 e. The number of benzene rings is 2. The number of nitrogens with zero attached hydrogens (tertiary/aromatic N) is 3. The summed E-state index contributed by atoms with van der Waals surface area (Å²) in [6.07, 6.45) is -4.24. The summed E-state index contributed by atoms with van der Waals surface area (Å²) in [5.41, 5.74) is 1.52. The Hall–Kier alpha value is -3.16. The number of aromatic nitrogens is 2. The number of halogens is 3. The van der Waals surface area contributed by atoms with Crippen LogP contribution in [0.4, 0.5) is 18.9 Å². The molecule has 0 spiro atoms. The third-order valence-electron chi connectivity index (χ3n) is 4.70. The predicted octanol–water partition coefficient (Wildman–Crippen LogP) is 4.58. The Balaban J connectivity index is 1.52. The van der Waals surface area contributed by atoms with Crippen LogP contribution in [0, 0.1) is 6.92 Å². The fourth-order valence-electron chi connectivity index (χ4n) is 3.26. The van der Waals surface area contributed by atoms with Gasteiger partial charge in [-0.25, -0.2) is 0 Å². The van der Waals surface area contributed by atoms with E-state index in [4.69, 9.17) is 4.52 Å². The van der Waals surface area contributed by atoms with Gasteiger partial charge in [-0.05, 0) is 43.3 Å². The number of rotatable bonds is 3. The molecular weight excluding hydrogens is 371 g/mol. The predicted molar refractivity (Wildman–Crippen MR) is 95.6 cm³/mol. The van der Waals surface area contributed by atoms with Crippen LogP contribution in [0.15, 0.2) is 53.1 Å². The first-order valence-electron chi connectivity index (χ1n) is 8.69. The van der Waals surface area contributed by atoms with E-state index in [1.807, 2.05) is 31.2 Å². The van der Waals surface area contributed by atoms with Crippen molar-refractivity contribution in [2.24, 2.45) is 0 Å². The molecule has 2 aromatic carbocycles. The molecule has 1 fully saturated rings. The highest BCUT2D eigenvalue weighted by Gasteiger charge is 2.35. The van der Waals surface area contributed by atoms with E-state index in [-0.39, 0.29) is 24.8 Å². The molecule has 28 heavy (non-hydrogen) atoms. The molecule has 0 aliphatic carbocycles. The summed E-state index contributed by atoms with van der Waals surface area (Å²) in [6.45, 7) is 2.25. The lowest BCUT2D eigenvalue weighted by atomic mass is 10.1. The van der Waals surface area contributed by atoms with Crippen molar-refractivity contribution in [2.75, 3.05) is 11.4 Å². The summed E-state index contributed by atoms with van der Waals surface area (Å²) in [5.74, 6) is 0.321. The molecule has 1 aromatic heterocycles. The van der Waals surface area contributed by atoms with Crippen molar-refractivity contribution >= 4 is 11.6 Å².